The van der Waals surface area contributed by atoms with Crippen molar-refractivity contribution in [2.24, 2.45) is 0 Å². The number of carbonyl (C=O) groups excluding carboxylic acids is 2. The van der Waals surface area contributed by atoms with E-state index < -0.39 is 24.7 Å². The van der Waals surface area contributed by atoms with Crippen molar-refractivity contribution in [1.82, 2.24) is 10.6 Å². The molecule has 1 heterocycles. The number of halogens is 2. The van der Waals surface area contributed by atoms with Crippen LogP contribution in [-0.4, -0.2) is 25.7 Å². The molecule has 0 saturated carbocycles. The van der Waals surface area contributed by atoms with Crippen molar-refractivity contribution < 1.29 is 27.8 Å². The third-order valence-electron chi connectivity index (χ3n) is 3.11. The van der Waals surface area contributed by atoms with Gasteiger partial charge in [0.25, 0.3) is 0 Å². The lowest BCUT2D eigenvalue weighted by Gasteiger charge is -2.27. The first-order valence-electron chi connectivity index (χ1n) is 6.33. The third-order valence-corrected chi connectivity index (χ3v) is 3.11. The minimum atomic E-state index is -2.92. The number of rotatable bonds is 4. The van der Waals surface area contributed by atoms with Gasteiger partial charge < -0.3 is 20.1 Å². The zero-order chi connectivity index (χ0) is 16.3. The van der Waals surface area contributed by atoms with Crippen LogP contribution >= 0.6 is 0 Å². The van der Waals surface area contributed by atoms with E-state index >= 15 is 0 Å². The molecule has 1 aliphatic heterocycles. The summed E-state index contributed by atoms with van der Waals surface area (Å²) in [4.78, 5) is 23.5. The van der Waals surface area contributed by atoms with Crippen LogP contribution in [-0.2, 0) is 9.53 Å². The molecule has 0 radical (unpaired) electrons. The highest BCUT2D eigenvalue weighted by molar-refractivity contribution is 5.94. The Morgan fingerprint density at radius 3 is 2.45 bits per heavy atom. The normalized spacial score (nSPS) is 17.9. The van der Waals surface area contributed by atoms with Crippen molar-refractivity contribution in [2.45, 2.75) is 19.6 Å². The first-order chi connectivity index (χ1) is 10.4. The molecule has 2 amide bonds. The fourth-order valence-corrected chi connectivity index (χ4v) is 2.17. The fourth-order valence-electron chi connectivity index (χ4n) is 2.17. The van der Waals surface area contributed by atoms with E-state index in [1.165, 1.54) is 31.4 Å². The Labute approximate surface area is 125 Å². The molecule has 6 nitrogen and oxygen atoms in total. The Morgan fingerprint density at radius 1 is 1.27 bits per heavy atom. The summed E-state index contributed by atoms with van der Waals surface area (Å²) in [7, 11) is 1.23. The van der Waals surface area contributed by atoms with Crippen LogP contribution in [0.2, 0.25) is 0 Å². The highest BCUT2D eigenvalue weighted by Crippen LogP contribution is 2.28. The first-order valence-corrected chi connectivity index (χ1v) is 6.33. The lowest BCUT2D eigenvalue weighted by atomic mass is 9.95. The number of methoxy groups -OCH3 is 1. The summed E-state index contributed by atoms with van der Waals surface area (Å²) in [6.07, 6.45) is 0. The van der Waals surface area contributed by atoms with Crippen LogP contribution in [0.4, 0.5) is 13.6 Å². The largest absolute Gasteiger partial charge is 0.466 e. The molecule has 118 valence electrons. The lowest BCUT2D eigenvalue weighted by Crippen LogP contribution is -2.45. The van der Waals surface area contributed by atoms with Gasteiger partial charge in [-0.05, 0) is 24.6 Å². The van der Waals surface area contributed by atoms with E-state index in [4.69, 9.17) is 4.74 Å². The number of nitrogens with one attached hydrogen (secondary N) is 2. The van der Waals surface area contributed by atoms with Gasteiger partial charge in [0.05, 0.1) is 18.7 Å². The summed E-state index contributed by atoms with van der Waals surface area (Å²) < 4.78 is 33.2. The lowest BCUT2D eigenvalue weighted by molar-refractivity contribution is -0.136. The number of esters is 1. The highest BCUT2D eigenvalue weighted by atomic mass is 19.3. The van der Waals surface area contributed by atoms with E-state index in [-0.39, 0.29) is 11.3 Å². The van der Waals surface area contributed by atoms with Crippen LogP contribution in [0.1, 0.15) is 18.5 Å². The zero-order valence-corrected chi connectivity index (χ0v) is 11.9. The van der Waals surface area contributed by atoms with Crippen LogP contribution in [0.25, 0.3) is 0 Å². The molecule has 8 heteroatoms. The molecule has 1 aliphatic rings. The van der Waals surface area contributed by atoms with Gasteiger partial charge in [-0.3, -0.25) is 0 Å². The van der Waals surface area contributed by atoms with Gasteiger partial charge in [0.15, 0.2) is 0 Å². The molecule has 0 bridgehead atoms. The summed E-state index contributed by atoms with van der Waals surface area (Å²) in [5.41, 5.74) is 1.15. The average Bonchev–Trinajstić information content (AvgIpc) is 2.46. The molecule has 1 unspecified atom stereocenters. The minimum Gasteiger partial charge on any atom is -0.466 e. The molecule has 0 spiro atoms. The number of hydrogen-bond acceptors (Lipinski definition) is 4. The Hall–Kier alpha value is -2.64. The van der Waals surface area contributed by atoms with Crippen LogP contribution < -0.4 is 15.4 Å². The number of hydrogen-bond donors (Lipinski definition) is 2. The highest BCUT2D eigenvalue weighted by Gasteiger charge is 2.31. The fraction of sp³-hybridized carbons (Fsp3) is 0.286. The number of urea groups is 1. The van der Waals surface area contributed by atoms with Gasteiger partial charge in [0.1, 0.15) is 5.75 Å². The molecule has 22 heavy (non-hydrogen) atoms. The van der Waals surface area contributed by atoms with E-state index in [0.717, 1.165) is 0 Å². The zero-order valence-electron chi connectivity index (χ0n) is 11.9. The summed E-state index contributed by atoms with van der Waals surface area (Å²) in [5, 5.41) is 5.08. The number of benzene rings is 1. The standard InChI is InChI=1S/C14H14F2N2O4/c1-7-10(12(19)21-2)11(18-14(20)17-7)8-3-5-9(6-4-8)22-13(15)16/h3-6,11,13H,1-2H3,(H2,17,18,20). The van der Waals surface area contributed by atoms with Gasteiger partial charge in [-0.25, -0.2) is 9.59 Å². The van der Waals surface area contributed by atoms with E-state index in [0.29, 0.717) is 11.3 Å². The average molecular weight is 312 g/mol. The van der Waals surface area contributed by atoms with Crippen LogP contribution in [0, 0.1) is 0 Å². The van der Waals surface area contributed by atoms with Crippen molar-refractivity contribution in [3.05, 3.63) is 41.1 Å². The molecule has 0 aromatic heterocycles. The van der Waals surface area contributed by atoms with Crippen LogP contribution in [0.5, 0.6) is 5.75 Å². The molecule has 2 N–H and O–H groups in total. The van der Waals surface area contributed by atoms with Crippen molar-refractivity contribution in [3.8, 4) is 5.75 Å². The number of carbonyl (C=O) groups is 2. The topological polar surface area (TPSA) is 76.7 Å². The quantitative estimate of drug-likeness (QED) is 0.835. The summed E-state index contributed by atoms with van der Waals surface area (Å²) in [6.45, 7) is -1.34. The molecule has 1 aromatic carbocycles. The van der Waals surface area contributed by atoms with Crippen molar-refractivity contribution >= 4 is 12.0 Å². The molecule has 2 rings (SSSR count). The van der Waals surface area contributed by atoms with Gasteiger partial charge in [-0.15, -0.1) is 0 Å². The van der Waals surface area contributed by atoms with Crippen LogP contribution in [0.15, 0.2) is 35.5 Å². The first kappa shape index (κ1) is 15.7. The van der Waals surface area contributed by atoms with Gasteiger partial charge in [-0.1, -0.05) is 12.1 Å². The summed E-state index contributed by atoms with van der Waals surface area (Å²) >= 11 is 0. The Balaban J connectivity index is 2.33. The Kier molecular flexibility index (Phi) is 4.59. The van der Waals surface area contributed by atoms with Crippen molar-refractivity contribution in [3.63, 3.8) is 0 Å². The van der Waals surface area contributed by atoms with Gasteiger partial charge in [0, 0.05) is 5.70 Å². The Bertz CT molecular complexity index is 614. The number of amides is 2. The molecule has 0 fully saturated rings. The molecule has 1 aromatic rings. The maximum absolute atomic E-state index is 12.1. The minimum absolute atomic E-state index is 0.0145. The van der Waals surface area contributed by atoms with E-state index in [2.05, 4.69) is 15.4 Å². The summed E-state index contributed by atoms with van der Waals surface area (Å²) in [5.74, 6) is -0.609. The molecule has 0 saturated heterocycles. The van der Waals surface area contributed by atoms with E-state index in [9.17, 15) is 18.4 Å². The molecule has 1 atom stereocenters. The predicted octanol–water partition coefficient (Wildman–Crippen LogP) is 2.09. The maximum atomic E-state index is 12.1. The maximum Gasteiger partial charge on any atom is 0.387 e. The number of allylic oxidation sites excluding steroid dienone is 1. The van der Waals surface area contributed by atoms with Gasteiger partial charge in [-0.2, -0.15) is 8.78 Å². The predicted molar refractivity (Wildman–Crippen MR) is 72.2 cm³/mol. The number of alkyl halides is 2. The Morgan fingerprint density at radius 2 is 1.91 bits per heavy atom. The van der Waals surface area contributed by atoms with E-state index in [1.54, 1.807) is 6.92 Å². The summed E-state index contributed by atoms with van der Waals surface area (Å²) in [6, 6.07) is 4.44. The smallest absolute Gasteiger partial charge is 0.387 e. The molecular weight excluding hydrogens is 298 g/mol. The second kappa shape index (κ2) is 6.42. The van der Waals surface area contributed by atoms with Crippen molar-refractivity contribution in [2.75, 3.05) is 7.11 Å². The molecular formula is C14H14F2N2O4. The van der Waals surface area contributed by atoms with Gasteiger partial charge in [0.2, 0.25) is 0 Å². The number of ether oxygens (including phenoxy) is 2. The second-order valence-electron chi connectivity index (χ2n) is 4.51. The SMILES string of the molecule is COC(=O)C1=C(C)NC(=O)NC1c1ccc(OC(F)F)cc1. The monoisotopic (exact) mass is 312 g/mol. The van der Waals surface area contributed by atoms with Gasteiger partial charge >= 0.3 is 18.6 Å². The second-order valence-corrected chi connectivity index (χ2v) is 4.51. The van der Waals surface area contributed by atoms with E-state index in [1.807, 2.05) is 0 Å². The van der Waals surface area contributed by atoms with Crippen LogP contribution in [0.3, 0.4) is 0 Å². The third kappa shape index (κ3) is 3.33. The molecule has 0 aliphatic carbocycles. The van der Waals surface area contributed by atoms with Crippen molar-refractivity contribution in [1.29, 1.82) is 0 Å².